The smallest absolute Gasteiger partial charge is 0.203 e. The summed E-state index contributed by atoms with van der Waals surface area (Å²) in [5.74, 6) is 4.64. The number of hydrogen-bond acceptors (Lipinski definition) is 3. The molecule has 4 nitrogen and oxygen atoms in total. The first-order chi connectivity index (χ1) is 2.77. The van der Waals surface area contributed by atoms with Crippen molar-refractivity contribution >= 4 is 8.03 Å². The van der Waals surface area contributed by atoms with Crippen LogP contribution in [0.2, 0.25) is 0 Å². The minimum absolute atomic E-state index is 0.00463. The van der Waals surface area contributed by atoms with E-state index in [1.54, 1.807) is 0 Å². The van der Waals surface area contributed by atoms with Gasteiger partial charge in [-0.1, -0.05) is 0 Å². The van der Waals surface area contributed by atoms with Crippen LogP contribution in [0.25, 0.3) is 0 Å². The topological polar surface area (TPSA) is 75.3 Å². The third-order valence-corrected chi connectivity index (χ3v) is 0.760. The van der Waals surface area contributed by atoms with Crippen LogP contribution >= 0.6 is 8.03 Å². The maximum absolute atomic E-state index is 9.64. The number of rotatable bonds is 2. The molecule has 5 heteroatoms. The average Bonchev–Trinajstić information content (AvgIpc) is 1.35. The first-order valence-corrected chi connectivity index (χ1v) is 2.99. The van der Waals surface area contributed by atoms with E-state index in [-0.39, 0.29) is 6.29 Å². The number of nitrogens with two attached hydrogens (primary N) is 1. The van der Waals surface area contributed by atoms with Gasteiger partial charge in [-0.25, -0.2) is 0 Å². The van der Waals surface area contributed by atoms with Gasteiger partial charge >= 0.3 is 0 Å². The van der Waals surface area contributed by atoms with Crippen LogP contribution < -0.4 is 11.3 Å². The van der Waals surface area contributed by atoms with Crippen molar-refractivity contribution in [2.24, 2.45) is 5.84 Å². The zero-order valence-corrected chi connectivity index (χ0v) is 4.14. The molecule has 0 saturated carbocycles. The van der Waals surface area contributed by atoms with Crippen molar-refractivity contribution < 1.29 is 9.46 Å². The second-order valence-electron chi connectivity index (χ2n) is 0.775. The summed E-state index contributed by atoms with van der Waals surface area (Å²) >= 11 is 0. The Hall–Kier alpha value is 0.110. The zero-order valence-electron chi connectivity index (χ0n) is 3.14. The molecule has 0 heterocycles. The second-order valence-corrected chi connectivity index (χ2v) is 1.92. The Bertz CT molecular complexity index is 55.5. The first-order valence-electron chi connectivity index (χ1n) is 1.42. The van der Waals surface area contributed by atoms with Gasteiger partial charge in [-0.3, -0.25) is 15.8 Å². The predicted octanol–water partition coefficient (Wildman–Crippen LogP) is -1.13. The normalized spacial score (nSPS) is 14.3. The summed E-state index contributed by atoms with van der Waals surface area (Å²) in [7, 11) is -2.37. The van der Waals surface area contributed by atoms with E-state index in [0.717, 1.165) is 0 Å². The number of nitrogens with one attached hydrogen (secondary N) is 1. The highest BCUT2D eigenvalue weighted by atomic mass is 31.1. The van der Waals surface area contributed by atoms with Gasteiger partial charge in [0.25, 0.3) is 0 Å². The molecule has 0 bridgehead atoms. The standard InChI is InChI=1S/CH7N2O2P/c2-3-1-6(4)5/h3,6H,1-2H2,(H,4,5). The maximum atomic E-state index is 9.64. The Labute approximate surface area is 36.2 Å². The summed E-state index contributed by atoms with van der Waals surface area (Å²) in [4.78, 5) is 7.96. The predicted molar refractivity (Wildman–Crippen MR) is 23.4 cm³/mol. The molecule has 0 radical (unpaired) electrons. The van der Waals surface area contributed by atoms with Crippen molar-refractivity contribution in [3.63, 3.8) is 0 Å². The lowest BCUT2D eigenvalue weighted by Gasteiger charge is -1.86. The van der Waals surface area contributed by atoms with Crippen molar-refractivity contribution in [1.29, 1.82) is 0 Å². The van der Waals surface area contributed by atoms with Crippen LogP contribution in [0.15, 0.2) is 0 Å². The fourth-order valence-corrected chi connectivity index (χ4v) is 0.262. The van der Waals surface area contributed by atoms with Gasteiger partial charge in [-0.05, 0) is 0 Å². The van der Waals surface area contributed by atoms with Gasteiger partial charge < -0.3 is 4.89 Å². The van der Waals surface area contributed by atoms with Gasteiger partial charge in [-0.15, -0.1) is 0 Å². The Morgan fingerprint density at radius 2 is 2.50 bits per heavy atom. The Kier molecular flexibility index (Phi) is 3.37. The van der Waals surface area contributed by atoms with Crippen molar-refractivity contribution in [3.05, 3.63) is 0 Å². The van der Waals surface area contributed by atoms with Gasteiger partial charge in [0.1, 0.15) is 0 Å². The molecule has 1 unspecified atom stereocenters. The van der Waals surface area contributed by atoms with Crippen LogP contribution in [-0.4, -0.2) is 11.2 Å². The molecule has 4 N–H and O–H groups in total. The molecule has 1 atom stereocenters. The molecular formula is CH7N2O2P. The van der Waals surface area contributed by atoms with Crippen LogP contribution in [0.5, 0.6) is 0 Å². The summed E-state index contributed by atoms with van der Waals surface area (Å²) in [6.45, 7) is 0. The highest BCUT2D eigenvalue weighted by Gasteiger charge is 1.82. The molecule has 0 aliphatic rings. The molecule has 0 aliphatic heterocycles. The molecule has 0 aliphatic carbocycles. The van der Waals surface area contributed by atoms with Crippen LogP contribution in [0, 0.1) is 0 Å². The second kappa shape index (κ2) is 3.31. The van der Waals surface area contributed by atoms with Gasteiger partial charge in [0.2, 0.25) is 8.03 Å². The van der Waals surface area contributed by atoms with E-state index in [9.17, 15) is 4.57 Å². The largest absolute Gasteiger partial charge is 0.345 e. The summed E-state index contributed by atoms with van der Waals surface area (Å²) in [5, 5.41) is 0. The van der Waals surface area contributed by atoms with Gasteiger partial charge in [0, 0.05) is 0 Å². The first kappa shape index (κ1) is 6.11. The van der Waals surface area contributed by atoms with Crippen LogP contribution in [0.3, 0.4) is 0 Å². The summed E-state index contributed by atoms with van der Waals surface area (Å²) in [6.07, 6.45) is 0.00463. The lowest BCUT2D eigenvalue weighted by molar-refractivity contribution is 0.498. The van der Waals surface area contributed by atoms with E-state index in [1.807, 2.05) is 5.43 Å². The fraction of sp³-hybridized carbons (Fsp3) is 1.00. The summed E-state index contributed by atoms with van der Waals surface area (Å²) < 4.78 is 9.64. The maximum Gasteiger partial charge on any atom is 0.203 e. The molecule has 0 rings (SSSR count). The molecule has 0 saturated heterocycles. The van der Waals surface area contributed by atoms with Gasteiger partial charge in [-0.2, -0.15) is 0 Å². The zero-order chi connectivity index (χ0) is 4.99. The van der Waals surface area contributed by atoms with E-state index >= 15 is 0 Å². The van der Waals surface area contributed by atoms with E-state index in [1.165, 1.54) is 0 Å². The highest BCUT2D eigenvalue weighted by Crippen LogP contribution is 2.06. The van der Waals surface area contributed by atoms with E-state index in [4.69, 9.17) is 4.89 Å². The number of hydrogen-bond donors (Lipinski definition) is 3. The lowest BCUT2D eigenvalue weighted by atomic mass is 11.5. The van der Waals surface area contributed by atoms with Crippen molar-refractivity contribution in [1.82, 2.24) is 5.43 Å². The molecule has 0 spiro atoms. The van der Waals surface area contributed by atoms with Crippen LogP contribution in [-0.2, 0) is 4.57 Å². The molecule has 0 aromatic rings. The van der Waals surface area contributed by atoms with Crippen molar-refractivity contribution in [2.75, 3.05) is 6.29 Å². The molecular weight excluding hydrogens is 103 g/mol. The van der Waals surface area contributed by atoms with Crippen LogP contribution in [0.4, 0.5) is 0 Å². The van der Waals surface area contributed by atoms with Gasteiger partial charge in [0.05, 0.1) is 6.29 Å². The summed E-state index contributed by atoms with van der Waals surface area (Å²) in [6, 6.07) is 0. The SMILES string of the molecule is NNC[PH](=O)O. The third kappa shape index (κ3) is 4.11. The van der Waals surface area contributed by atoms with Crippen LogP contribution in [0.1, 0.15) is 0 Å². The fourth-order valence-electron chi connectivity index (χ4n) is 0.0873. The molecule has 0 aromatic carbocycles. The lowest BCUT2D eigenvalue weighted by Crippen LogP contribution is -2.20. The van der Waals surface area contributed by atoms with E-state index in [0.29, 0.717) is 0 Å². The highest BCUT2D eigenvalue weighted by molar-refractivity contribution is 7.37. The molecule has 0 amide bonds. The molecule has 0 fully saturated rings. The average molecular weight is 110 g/mol. The Balaban J connectivity index is 2.83. The Morgan fingerprint density at radius 1 is 2.00 bits per heavy atom. The quantitative estimate of drug-likeness (QED) is 0.239. The monoisotopic (exact) mass is 110 g/mol. The molecule has 0 aromatic heterocycles. The molecule has 38 valence electrons. The number of hydrazine groups is 1. The van der Waals surface area contributed by atoms with Gasteiger partial charge in [0.15, 0.2) is 0 Å². The minimum Gasteiger partial charge on any atom is -0.345 e. The van der Waals surface area contributed by atoms with Crippen molar-refractivity contribution in [2.45, 2.75) is 0 Å². The van der Waals surface area contributed by atoms with E-state index < -0.39 is 8.03 Å². The van der Waals surface area contributed by atoms with E-state index in [2.05, 4.69) is 5.84 Å². The molecule has 6 heavy (non-hydrogen) atoms. The van der Waals surface area contributed by atoms with Crippen molar-refractivity contribution in [3.8, 4) is 0 Å². The third-order valence-electron chi connectivity index (χ3n) is 0.253. The Morgan fingerprint density at radius 3 is 2.50 bits per heavy atom. The minimum atomic E-state index is -2.37. The summed E-state index contributed by atoms with van der Waals surface area (Å²) in [5.41, 5.74) is 2.05.